The third-order valence-corrected chi connectivity index (χ3v) is 3.75. The summed E-state index contributed by atoms with van der Waals surface area (Å²) in [6, 6.07) is 3.56. The molecule has 106 valence electrons. The largest absolute Gasteiger partial charge is 0.623 e. The molecule has 2 aromatic heterocycles. The maximum absolute atomic E-state index is 11.9. The molecule has 0 bridgehead atoms. The van der Waals surface area contributed by atoms with E-state index in [4.69, 9.17) is 5.21 Å². The van der Waals surface area contributed by atoms with Crippen molar-refractivity contribution in [3.63, 3.8) is 0 Å². The summed E-state index contributed by atoms with van der Waals surface area (Å²) in [5.41, 5.74) is 1.47. The average Bonchev–Trinajstić information content (AvgIpc) is 3.02. The van der Waals surface area contributed by atoms with E-state index >= 15 is 0 Å². The quantitative estimate of drug-likeness (QED) is 0.223. The molecule has 0 fully saturated rings. The van der Waals surface area contributed by atoms with Crippen LogP contribution in [0.5, 0.6) is 0 Å². The lowest BCUT2D eigenvalue weighted by Crippen LogP contribution is -2.19. The molecule has 0 radical (unpaired) electrons. The van der Waals surface area contributed by atoms with Gasteiger partial charge in [0.1, 0.15) is 0 Å². The fourth-order valence-electron chi connectivity index (χ4n) is 1.63. The van der Waals surface area contributed by atoms with Gasteiger partial charge in [-0.05, 0) is 25.3 Å². The third-order valence-electron chi connectivity index (χ3n) is 2.83. The highest BCUT2D eigenvalue weighted by atomic mass is 32.1. The molecule has 2 rings (SSSR count). The minimum absolute atomic E-state index is 0.137. The Morgan fingerprint density at radius 2 is 2.35 bits per heavy atom. The second kappa shape index (κ2) is 5.74. The van der Waals surface area contributed by atoms with E-state index in [2.05, 4.69) is 10.1 Å². The molecule has 2 N–H and O–H groups in total. The predicted octanol–water partition coefficient (Wildman–Crippen LogP) is 1.61. The summed E-state index contributed by atoms with van der Waals surface area (Å²) in [6.07, 6.45) is 1.15. The minimum atomic E-state index is -0.137. The van der Waals surface area contributed by atoms with Crippen LogP contribution < -0.4 is 0 Å². The Hall–Kier alpha value is -2.35. The maximum atomic E-state index is 11.9. The van der Waals surface area contributed by atoms with Crippen LogP contribution >= 0.6 is 11.3 Å². The number of aryl methyl sites for hydroxylation is 1. The zero-order valence-corrected chi connectivity index (χ0v) is 11.8. The van der Waals surface area contributed by atoms with Crippen molar-refractivity contribution in [2.45, 2.75) is 13.8 Å². The number of oxime groups is 1. The van der Waals surface area contributed by atoms with E-state index in [1.165, 1.54) is 11.3 Å². The first-order chi connectivity index (χ1) is 9.52. The summed E-state index contributed by atoms with van der Waals surface area (Å²) in [5.74, 6) is 0.137. The Morgan fingerprint density at radius 1 is 1.60 bits per heavy atom. The van der Waals surface area contributed by atoms with Crippen molar-refractivity contribution in [2.24, 2.45) is 5.16 Å². The molecule has 8 heteroatoms. The maximum Gasteiger partial charge on any atom is 0.233 e. The van der Waals surface area contributed by atoms with Crippen molar-refractivity contribution in [3.05, 3.63) is 44.8 Å². The lowest BCUT2D eigenvalue weighted by atomic mass is 10.3. The molecule has 7 nitrogen and oxygen atoms in total. The van der Waals surface area contributed by atoms with Crippen LogP contribution in [-0.4, -0.2) is 43.3 Å². The predicted molar refractivity (Wildman–Crippen MR) is 75.2 cm³/mol. The monoisotopic (exact) mass is 294 g/mol. The lowest BCUT2D eigenvalue weighted by Gasteiger charge is -2.04. The van der Waals surface area contributed by atoms with E-state index in [-0.39, 0.29) is 18.1 Å². The molecule has 20 heavy (non-hydrogen) atoms. The molecule has 0 unspecified atom stereocenters. The van der Waals surface area contributed by atoms with Gasteiger partial charge >= 0.3 is 0 Å². The van der Waals surface area contributed by atoms with Gasteiger partial charge in [0.2, 0.25) is 12.0 Å². The molecule has 0 spiro atoms. The van der Waals surface area contributed by atoms with Gasteiger partial charge in [0, 0.05) is 0 Å². The molecule has 0 atom stereocenters. The molecule has 0 aliphatic rings. The highest BCUT2D eigenvalue weighted by molar-refractivity contribution is 7.12. The Bertz CT molecular complexity index is 659. The summed E-state index contributed by atoms with van der Waals surface area (Å²) in [4.78, 5) is 4.77. The van der Waals surface area contributed by atoms with E-state index in [0.717, 1.165) is 10.9 Å². The topological polar surface area (TPSA) is 96.7 Å². The Labute approximate surface area is 119 Å². The first kappa shape index (κ1) is 14.1. The van der Waals surface area contributed by atoms with Crippen molar-refractivity contribution >= 4 is 23.3 Å². The Kier molecular flexibility index (Phi) is 4.04. The Balaban J connectivity index is 2.21. The van der Waals surface area contributed by atoms with Gasteiger partial charge in [0.15, 0.2) is 12.3 Å². The molecule has 0 aromatic carbocycles. The van der Waals surface area contributed by atoms with Crippen LogP contribution in [0.25, 0.3) is 0 Å². The number of hydrogen-bond donors (Lipinski definition) is 2. The summed E-state index contributed by atoms with van der Waals surface area (Å²) in [5, 5.41) is 35.5. The molecular weight excluding hydrogens is 280 g/mol. The minimum Gasteiger partial charge on any atom is -0.623 e. The van der Waals surface area contributed by atoms with Crippen LogP contribution in [0.3, 0.4) is 0 Å². The van der Waals surface area contributed by atoms with E-state index < -0.39 is 0 Å². The normalized spacial score (nSPS) is 12.9. The fraction of sp³-hybridized carbons (Fsp3) is 0.250. The first-order valence-electron chi connectivity index (χ1n) is 5.81. The molecule has 2 heterocycles. The van der Waals surface area contributed by atoms with Gasteiger partial charge in [0.05, 0.1) is 16.3 Å². The average molecular weight is 294 g/mol. The van der Waals surface area contributed by atoms with Gasteiger partial charge in [-0.3, -0.25) is 0 Å². The molecule has 0 saturated heterocycles. The summed E-state index contributed by atoms with van der Waals surface area (Å²) in [7, 11) is 0. The van der Waals surface area contributed by atoms with Crippen LogP contribution in [0.4, 0.5) is 0 Å². The zero-order chi connectivity index (χ0) is 14.7. The third kappa shape index (κ3) is 2.80. The summed E-state index contributed by atoms with van der Waals surface area (Å²) < 4.78 is 1.41. The van der Waals surface area contributed by atoms with Crippen molar-refractivity contribution in [2.75, 3.05) is 6.54 Å². The number of nitrogens with zero attached hydrogens (tertiary/aromatic N) is 4. The number of imidazole rings is 1. The SMILES string of the molecule is Cc1nc(/C=[N+](\[O-])C/C(=N\O)c2cccs2)n(O)c1C. The molecular formula is C12H14N4O3S. The van der Waals surface area contributed by atoms with E-state index in [1.54, 1.807) is 26.0 Å². The summed E-state index contributed by atoms with van der Waals surface area (Å²) >= 11 is 1.37. The molecule has 0 aliphatic heterocycles. The molecule has 0 aliphatic carbocycles. The van der Waals surface area contributed by atoms with E-state index in [9.17, 15) is 10.4 Å². The second-order valence-corrected chi connectivity index (χ2v) is 5.13. The van der Waals surface area contributed by atoms with Gasteiger partial charge < -0.3 is 15.6 Å². The number of rotatable bonds is 4. The van der Waals surface area contributed by atoms with Crippen LogP contribution in [0, 0.1) is 19.1 Å². The molecule has 0 amide bonds. The van der Waals surface area contributed by atoms with E-state index in [1.807, 2.05) is 5.38 Å². The molecule has 0 saturated carbocycles. The fourth-order valence-corrected chi connectivity index (χ4v) is 2.33. The Morgan fingerprint density at radius 3 is 2.85 bits per heavy atom. The van der Waals surface area contributed by atoms with Crippen LogP contribution in [0.1, 0.15) is 22.1 Å². The zero-order valence-electron chi connectivity index (χ0n) is 11.0. The smallest absolute Gasteiger partial charge is 0.233 e. The van der Waals surface area contributed by atoms with Gasteiger partial charge in [-0.2, -0.15) is 4.73 Å². The number of hydrogen-bond acceptors (Lipinski definition) is 6. The number of hydroxylamine groups is 1. The van der Waals surface area contributed by atoms with Crippen molar-refractivity contribution in [3.8, 4) is 0 Å². The number of aromatic nitrogens is 2. The van der Waals surface area contributed by atoms with Crippen molar-refractivity contribution in [1.29, 1.82) is 0 Å². The van der Waals surface area contributed by atoms with Crippen LogP contribution in [0.15, 0.2) is 22.7 Å². The van der Waals surface area contributed by atoms with Gasteiger partial charge in [-0.1, -0.05) is 11.2 Å². The van der Waals surface area contributed by atoms with Crippen LogP contribution in [-0.2, 0) is 0 Å². The summed E-state index contributed by atoms with van der Waals surface area (Å²) in [6.45, 7) is 3.30. The highest BCUT2D eigenvalue weighted by Crippen LogP contribution is 2.10. The van der Waals surface area contributed by atoms with Crippen LogP contribution in [0.2, 0.25) is 0 Å². The highest BCUT2D eigenvalue weighted by Gasteiger charge is 2.14. The lowest BCUT2D eigenvalue weighted by molar-refractivity contribution is -0.435. The molecule has 2 aromatic rings. The van der Waals surface area contributed by atoms with E-state index in [0.29, 0.717) is 21.0 Å². The van der Waals surface area contributed by atoms with Crippen molar-refractivity contribution < 1.29 is 15.2 Å². The second-order valence-electron chi connectivity index (χ2n) is 4.18. The first-order valence-corrected chi connectivity index (χ1v) is 6.69. The van der Waals surface area contributed by atoms with Gasteiger partial charge in [0.25, 0.3) is 0 Å². The van der Waals surface area contributed by atoms with Gasteiger partial charge in [-0.25, -0.2) is 9.72 Å². The standard InChI is InChI=1S/C12H14N4O3S/c1-8-9(2)16(19)12(13-8)7-15(18)6-10(14-17)11-4-3-5-20-11/h3-5,7,17,19H,6H2,1-2H3/b14-10+,15-7-. The van der Waals surface area contributed by atoms with Crippen molar-refractivity contribution in [1.82, 2.24) is 9.71 Å². The number of thiophene rings is 1. The van der Waals surface area contributed by atoms with Gasteiger partial charge in [-0.15, -0.1) is 11.3 Å².